The third-order valence-corrected chi connectivity index (χ3v) is 4.18. The summed E-state index contributed by atoms with van der Waals surface area (Å²) in [5.41, 5.74) is 3.42. The zero-order chi connectivity index (χ0) is 13.7. The highest BCUT2D eigenvalue weighted by Gasteiger charge is 2.22. The molecule has 2 aromatic heterocycles. The maximum absolute atomic E-state index is 5.43. The average molecular weight is 266 g/mol. The summed E-state index contributed by atoms with van der Waals surface area (Å²) in [4.78, 5) is 3.27. The van der Waals surface area contributed by atoms with Crippen molar-refractivity contribution in [2.24, 2.45) is 18.4 Å². The van der Waals surface area contributed by atoms with Gasteiger partial charge in [0.15, 0.2) is 10.4 Å². The summed E-state index contributed by atoms with van der Waals surface area (Å²) in [6.07, 6.45) is 0. The number of H-pyrrole nitrogens is 1. The zero-order valence-corrected chi connectivity index (χ0v) is 12.9. The number of aryl methyl sites for hydroxylation is 2. The molecule has 0 fully saturated rings. The van der Waals surface area contributed by atoms with Crippen molar-refractivity contribution in [1.29, 1.82) is 0 Å². The van der Waals surface area contributed by atoms with Crippen molar-refractivity contribution in [3.05, 3.63) is 10.5 Å². The van der Waals surface area contributed by atoms with E-state index < -0.39 is 0 Å². The molecule has 1 unspecified atom stereocenters. The predicted octanol–water partition coefficient (Wildman–Crippen LogP) is 3.42. The lowest BCUT2D eigenvalue weighted by atomic mass is 9.82. The molecule has 0 bridgehead atoms. The van der Waals surface area contributed by atoms with E-state index in [0.29, 0.717) is 5.92 Å². The minimum Gasteiger partial charge on any atom is -0.328 e. The first-order chi connectivity index (χ1) is 8.21. The summed E-state index contributed by atoms with van der Waals surface area (Å²) in [5.74, 6) is 0.540. The number of imidazole rings is 1. The van der Waals surface area contributed by atoms with E-state index in [0.717, 1.165) is 28.2 Å². The fourth-order valence-corrected chi connectivity index (χ4v) is 2.35. The van der Waals surface area contributed by atoms with Crippen molar-refractivity contribution < 1.29 is 0 Å². The molecule has 2 aromatic rings. The quantitative estimate of drug-likeness (QED) is 0.846. The number of fused-ring (bicyclic) bond motifs is 1. The van der Waals surface area contributed by atoms with E-state index in [2.05, 4.69) is 42.3 Å². The van der Waals surface area contributed by atoms with E-state index in [-0.39, 0.29) is 5.41 Å². The number of hydrogen-bond acceptors (Lipinski definition) is 2. The van der Waals surface area contributed by atoms with Gasteiger partial charge >= 0.3 is 0 Å². The third-order valence-electron chi connectivity index (χ3n) is 3.86. The Bertz CT molecular complexity index is 624. The lowest BCUT2D eigenvalue weighted by Crippen LogP contribution is -2.23. The molecule has 5 heteroatoms. The van der Waals surface area contributed by atoms with Gasteiger partial charge in [0.05, 0.1) is 5.69 Å². The average Bonchev–Trinajstić information content (AvgIpc) is 2.67. The summed E-state index contributed by atoms with van der Waals surface area (Å²) >= 11 is 5.43. The molecule has 0 amide bonds. The van der Waals surface area contributed by atoms with Crippen LogP contribution in [0, 0.1) is 23.0 Å². The van der Waals surface area contributed by atoms with Gasteiger partial charge in [-0.25, -0.2) is 0 Å². The van der Waals surface area contributed by atoms with Crippen LogP contribution in [-0.4, -0.2) is 19.3 Å². The zero-order valence-electron chi connectivity index (χ0n) is 12.0. The van der Waals surface area contributed by atoms with Crippen LogP contribution in [0.1, 0.15) is 33.4 Å². The predicted molar refractivity (Wildman–Crippen MR) is 77.2 cm³/mol. The van der Waals surface area contributed by atoms with Crippen molar-refractivity contribution in [2.45, 2.75) is 41.2 Å². The molecule has 1 N–H and O–H groups in total. The number of rotatable bonds is 2. The van der Waals surface area contributed by atoms with Gasteiger partial charge in [-0.1, -0.05) is 27.7 Å². The van der Waals surface area contributed by atoms with E-state index in [1.165, 1.54) is 0 Å². The Morgan fingerprint density at radius 1 is 1.39 bits per heavy atom. The monoisotopic (exact) mass is 266 g/mol. The Morgan fingerprint density at radius 3 is 2.56 bits per heavy atom. The van der Waals surface area contributed by atoms with E-state index in [4.69, 9.17) is 12.2 Å². The molecule has 2 heterocycles. The Kier molecular flexibility index (Phi) is 3.13. The second kappa shape index (κ2) is 4.23. The Morgan fingerprint density at radius 2 is 2.00 bits per heavy atom. The second-order valence-corrected chi connectivity index (χ2v) is 6.60. The first kappa shape index (κ1) is 13.3. The fourth-order valence-electron chi connectivity index (χ4n) is 2.09. The molecule has 0 saturated carbocycles. The smallest absolute Gasteiger partial charge is 0.179 e. The SMILES string of the molecule is Cc1nn(C)c2c1[nH]c(=S)n2CC(C)C(C)(C)C. The van der Waals surface area contributed by atoms with Crippen LogP contribution in [0.4, 0.5) is 0 Å². The molecule has 100 valence electrons. The minimum atomic E-state index is 0.270. The number of nitrogens with one attached hydrogen (secondary N) is 1. The third kappa shape index (κ3) is 2.11. The summed E-state index contributed by atoms with van der Waals surface area (Å²) in [6, 6.07) is 0. The topological polar surface area (TPSA) is 38.5 Å². The first-order valence-corrected chi connectivity index (χ1v) is 6.74. The van der Waals surface area contributed by atoms with Gasteiger partial charge in [0.1, 0.15) is 5.52 Å². The number of hydrogen-bond donors (Lipinski definition) is 1. The summed E-state index contributed by atoms with van der Waals surface area (Å²) < 4.78 is 4.87. The highest BCUT2D eigenvalue weighted by molar-refractivity contribution is 7.71. The van der Waals surface area contributed by atoms with Gasteiger partial charge in [0, 0.05) is 13.6 Å². The van der Waals surface area contributed by atoms with Gasteiger partial charge in [-0.2, -0.15) is 5.10 Å². The van der Waals surface area contributed by atoms with Gasteiger partial charge < -0.3 is 9.55 Å². The van der Waals surface area contributed by atoms with E-state index in [9.17, 15) is 0 Å². The molecule has 0 aromatic carbocycles. The normalized spacial score (nSPS) is 14.3. The lowest BCUT2D eigenvalue weighted by molar-refractivity contribution is 0.233. The standard InChI is InChI=1S/C13H22N4S/c1-8(13(3,4)5)7-17-11-10(14-12(17)18)9(2)15-16(11)6/h8H,7H2,1-6H3,(H,14,18). The van der Waals surface area contributed by atoms with Crippen LogP contribution in [0.2, 0.25) is 0 Å². The molecular formula is C13H22N4S. The van der Waals surface area contributed by atoms with Gasteiger partial charge in [-0.3, -0.25) is 4.68 Å². The molecule has 0 aliphatic heterocycles. The Hall–Kier alpha value is -1.10. The Labute approximate surface area is 113 Å². The van der Waals surface area contributed by atoms with E-state index in [1.807, 2.05) is 18.7 Å². The molecule has 2 rings (SSSR count). The van der Waals surface area contributed by atoms with Crippen LogP contribution >= 0.6 is 12.2 Å². The minimum absolute atomic E-state index is 0.270. The van der Waals surface area contributed by atoms with Crippen LogP contribution < -0.4 is 0 Å². The van der Waals surface area contributed by atoms with Crippen LogP contribution in [0.25, 0.3) is 11.2 Å². The molecular weight excluding hydrogens is 244 g/mol. The largest absolute Gasteiger partial charge is 0.328 e. The van der Waals surface area contributed by atoms with Crippen LogP contribution in [0.15, 0.2) is 0 Å². The highest BCUT2D eigenvalue weighted by Crippen LogP contribution is 2.28. The maximum Gasteiger partial charge on any atom is 0.179 e. The molecule has 0 radical (unpaired) electrons. The second-order valence-electron chi connectivity index (χ2n) is 6.22. The molecule has 18 heavy (non-hydrogen) atoms. The molecule has 0 aliphatic carbocycles. The molecule has 0 saturated heterocycles. The van der Waals surface area contributed by atoms with Crippen LogP contribution in [0.5, 0.6) is 0 Å². The molecule has 0 spiro atoms. The molecule has 0 aliphatic rings. The fraction of sp³-hybridized carbons (Fsp3) is 0.692. The Balaban J connectivity index is 2.51. The van der Waals surface area contributed by atoms with Crippen molar-refractivity contribution in [3.8, 4) is 0 Å². The summed E-state index contributed by atoms with van der Waals surface area (Å²) in [7, 11) is 1.97. The van der Waals surface area contributed by atoms with E-state index in [1.54, 1.807) is 0 Å². The van der Waals surface area contributed by atoms with Crippen LogP contribution in [0.3, 0.4) is 0 Å². The maximum atomic E-state index is 5.43. The van der Waals surface area contributed by atoms with Gasteiger partial charge in [0.2, 0.25) is 0 Å². The van der Waals surface area contributed by atoms with Crippen molar-refractivity contribution in [2.75, 3.05) is 0 Å². The number of nitrogens with zero attached hydrogens (tertiary/aromatic N) is 3. The number of aromatic amines is 1. The highest BCUT2D eigenvalue weighted by atomic mass is 32.1. The lowest BCUT2D eigenvalue weighted by Gasteiger charge is -2.27. The summed E-state index contributed by atoms with van der Waals surface area (Å²) in [6.45, 7) is 12.0. The van der Waals surface area contributed by atoms with Crippen LogP contribution in [-0.2, 0) is 13.6 Å². The van der Waals surface area contributed by atoms with E-state index >= 15 is 0 Å². The summed E-state index contributed by atoms with van der Waals surface area (Å²) in [5, 5.41) is 4.44. The molecule has 4 nitrogen and oxygen atoms in total. The van der Waals surface area contributed by atoms with Gasteiger partial charge in [-0.05, 0) is 30.5 Å². The molecule has 1 atom stereocenters. The first-order valence-electron chi connectivity index (χ1n) is 6.34. The number of aromatic nitrogens is 4. The van der Waals surface area contributed by atoms with Crippen molar-refractivity contribution in [3.63, 3.8) is 0 Å². The van der Waals surface area contributed by atoms with Crippen molar-refractivity contribution >= 4 is 23.4 Å². The van der Waals surface area contributed by atoms with Gasteiger partial charge in [-0.15, -0.1) is 0 Å². The van der Waals surface area contributed by atoms with Gasteiger partial charge in [0.25, 0.3) is 0 Å². The van der Waals surface area contributed by atoms with Crippen molar-refractivity contribution in [1.82, 2.24) is 19.3 Å².